The van der Waals surface area contributed by atoms with Crippen LogP contribution in [0.3, 0.4) is 0 Å². The molecule has 3 nitrogen and oxygen atoms in total. The Labute approximate surface area is 66.9 Å². The molecule has 1 saturated carbocycles. The number of carbonyl (C=O) groups excluding carboxylic acids is 1. The molecule has 1 N–H and O–H groups in total. The van der Waals surface area contributed by atoms with E-state index in [1.165, 1.54) is 12.8 Å². The van der Waals surface area contributed by atoms with Crippen LogP contribution in [-0.4, -0.2) is 12.1 Å². The lowest BCUT2D eigenvalue weighted by molar-refractivity contribution is -0.123. The van der Waals surface area contributed by atoms with Crippen LogP contribution < -0.4 is 5.43 Å². The van der Waals surface area contributed by atoms with Crippen LogP contribution in [0.5, 0.6) is 0 Å². The Morgan fingerprint density at radius 1 is 1.64 bits per heavy atom. The molecule has 0 aliphatic heterocycles. The zero-order valence-electron chi connectivity index (χ0n) is 7.00. The molecule has 11 heavy (non-hydrogen) atoms. The number of rotatable bonds is 3. The minimum atomic E-state index is -0.0121. The zero-order chi connectivity index (χ0) is 8.27. The molecule has 0 radical (unpaired) electrons. The van der Waals surface area contributed by atoms with Gasteiger partial charge in [-0.25, -0.2) is 5.43 Å². The van der Waals surface area contributed by atoms with E-state index in [-0.39, 0.29) is 11.8 Å². The molecule has 0 atom stereocenters. The summed E-state index contributed by atoms with van der Waals surface area (Å²) < 4.78 is 0. The van der Waals surface area contributed by atoms with Gasteiger partial charge in [-0.2, -0.15) is 5.10 Å². The first-order chi connectivity index (χ1) is 5.20. The molecular formula is C8H14N2O. The summed E-state index contributed by atoms with van der Waals surface area (Å²) in [5.74, 6) is 0.635. The molecule has 0 unspecified atom stereocenters. The lowest BCUT2D eigenvalue weighted by Gasteiger charge is -2.00. The van der Waals surface area contributed by atoms with E-state index in [4.69, 9.17) is 0 Å². The molecule has 0 aromatic rings. The fourth-order valence-electron chi connectivity index (χ4n) is 0.581. The second-order valence-electron chi connectivity index (χ2n) is 3.25. The maximum Gasteiger partial charge on any atom is 0.242 e. The average Bonchev–Trinajstić information content (AvgIpc) is 2.71. The molecule has 3 heteroatoms. The van der Waals surface area contributed by atoms with Gasteiger partial charge in [0.1, 0.15) is 0 Å². The number of carbonyl (C=O) groups is 1. The fraction of sp³-hybridized carbons (Fsp3) is 0.750. The van der Waals surface area contributed by atoms with Crippen LogP contribution in [0.1, 0.15) is 26.7 Å². The van der Waals surface area contributed by atoms with Crippen LogP contribution in [0.25, 0.3) is 0 Å². The van der Waals surface area contributed by atoms with Gasteiger partial charge in [0.05, 0.1) is 0 Å². The van der Waals surface area contributed by atoms with Gasteiger partial charge < -0.3 is 0 Å². The normalized spacial score (nSPS) is 17.7. The first-order valence-electron chi connectivity index (χ1n) is 4.03. The highest BCUT2D eigenvalue weighted by atomic mass is 16.2. The molecular weight excluding hydrogens is 140 g/mol. The topological polar surface area (TPSA) is 41.5 Å². The Balaban J connectivity index is 2.14. The second kappa shape index (κ2) is 3.51. The predicted octanol–water partition coefficient (Wildman–Crippen LogP) is 1.15. The maximum absolute atomic E-state index is 10.9. The lowest BCUT2D eigenvalue weighted by Crippen LogP contribution is -2.22. The molecule has 0 heterocycles. The Morgan fingerprint density at radius 3 is 2.73 bits per heavy atom. The highest BCUT2D eigenvalue weighted by Crippen LogP contribution is 2.25. The van der Waals surface area contributed by atoms with Gasteiger partial charge in [-0.05, 0) is 18.8 Å². The minimum absolute atomic E-state index is 0.0121. The third-order valence-corrected chi connectivity index (χ3v) is 1.61. The molecule has 62 valence electrons. The number of nitrogens with zero attached hydrogens (tertiary/aromatic N) is 1. The monoisotopic (exact) mass is 154 g/mol. The van der Waals surface area contributed by atoms with E-state index in [9.17, 15) is 4.79 Å². The van der Waals surface area contributed by atoms with Crippen LogP contribution in [0.15, 0.2) is 5.10 Å². The minimum Gasteiger partial charge on any atom is -0.273 e. The third-order valence-electron chi connectivity index (χ3n) is 1.61. The van der Waals surface area contributed by atoms with E-state index in [0.29, 0.717) is 5.92 Å². The summed E-state index contributed by atoms with van der Waals surface area (Å²) in [6.07, 6.45) is 4.27. The summed E-state index contributed by atoms with van der Waals surface area (Å²) >= 11 is 0. The summed E-state index contributed by atoms with van der Waals surface area (Å²) in [5, 5.41) is 3.83. The van der Waals surface area contributed by atoms with Crippen molar-refractivity contribution in [2.45, 2.75) is 26.7 Å². The summed E-state index contributed by atoms with van der Waals surface area (Å²) in [7, 11) is 0. The predicted molar refractivity (Wildman–Crippen MR) is 44.2 cm³/mol. The van der Waals surface area contributed by atoms with Crippen molar-refractivity contribution < 1.29 is 4.79 Å². The number of hydrazone groups is 1. The van der Waals surface area contributed by atoms with E-state index in [0.717, 1.165) is 0 Å². The zero-order valence-corrected chi connectivity index (χ0v) is 7.00. The van der Waals surface area contributed by atoms with Gasteiger partial charge in [0, 0.05) is 12.1 Å². The van der Waals surface area contributed by atoms with Gasteiger partial charge in [-0.3, -0.25) is 4.79 Å². The highest BCUT2D eigenvalue weighted by molar-refractivity contribution is 5.78. The van der Waals surface area contributed by atoms with Crippen molar-refractivity contribution in [3.8, 4) is 0 Å². The van der Waals surface area contributed by atoms with Crippen molar-refractivity contribution in [1.29, 1.82) is 0 Å². The number of nitrogens with one attached hydrogen (secondary N) is 1. The third kappa shape index (κ3) is 3.16. The number of amides is 1. The highest BCUT2D eigenvalue weighted by Gasteiger charge is 2.18. The van der Waals surface area contributed by atoms with Gasteiger partial charge in [0.25, 0.3) is 0 Å². The lowest BCUT2D eigenvalue weighted by atomic mass is 10.2. The van der Waals surface area contributed by atoms with Crippen molar-refractivity contribution in [3.63, 3.8) is 0 Å². The number of hydrogen-bond donors (Lipinski definition) is 1. The Morgan fingerprint density at radius 2 is 2.27 bits per heavy atom. The van der Waals surface area contributed by atoms with Crippen LogP contribution in [0.4, 0.5) is 0 Å². The van der Waals surface area contributed by atoms with Gasteiger partial charge >= 0.3 is 0 Å². The van der Waals surface area contributed by atoms with Crippen molar-refractivity contribution in [1.82, 2.24) is 5.43 Å². The number of hydrogen-bond acceptors (Lipinski definition) is 2. The standard InChI is InChI=1S/C8H14N2O/c1-6(2)8(11)10-9-5-7-3-4-7/h5-7H,3-4H2,1-2H3,(H,10,11)/b9-5+. The molecule has 0 aromatic carbocycles. The molecule has 1 fully saturated rings. The maximum atomic E-state index is 10.9. The largest absolute Gasteiger partial charge is 0.273 e. The first kappa shape index (κ1) is 8.24. The molecule has 1 amide bonds. The molecule has 1 aliphatic rings. The molecule has 0 saturated heterocycles. The van der Waals surface area contributed by atoms with Gasteiger partial charge in [0.15, 0.2) is 0 Å². The van der Waals surface area contributed by atoms with E-state index in [1.54, 1.807) is 0 Å². The molecule has 0 aromatic heterocycles. The van der Waals surface area contributed by atoms with Gasteiger partial charge in [0.2, 0.25) is 5.91 Å². The Bertz CT molecular complexity index is 171. The summed E-state index contributed by atoms with van der Waals surface area (Å²) in [6.45, 7) is 3.70. The first-order valence-corrected chi connectivity index (χ1v) is 4.03. The quantitative estimate of drug-likeness (QED) is 0.481. The second-order valence-corrected chi connectivity index (χ2v) is 3.25. The Hall–Kier alpha value is -0.860. The van der Waals surface area contributed by atoms with Crippen LogP contribution in [0, 0.1) is 11.8 Å². The van der Waals surface area contributed by atoms with Crippen molar-refractivity contribution >= 4 is 12.1 Å². The van der Waals surface area contributed by atoms with Gasteiger partial charge in [-0.1, -0.05) is 13.8 Å². The SMILES string of the molecule is CC(C)C(=O)N/N=C/C1CC1. The smallest absolute Gasteiger partial charge is 0.242 e. The van der Waals surface area contributed by atoms with Crippen molar-refractivity contribution in [2.75, 3.05) is 0 Å². The molecule has 1 aliphatic carbocycles. The van der Waals surface area contributed by atoms with E-state index >= 15 is 0 Å². The average molecular weight is 154 g/mol. The molecule has 0 spiro atoms. The summed E-state index contributed by atoms with van der Waals surface area (Å²) in [4.78, 5) is 10.9. The molecule has 0 bridgehead atoms. The van der Waals surface area contributed by atoms with Crippen LogP contribution >= 0.6 is 0 Å². The Kier molecular flexibility index (Phi) is 2.63. The van der Waals surface area contributed by atoms with E-state index < -0.39 is 0 Å². The fourth-order valence-corrected chi connectivity index (χ4v) is 0.581. The summed E-state index contributed by atoms with van der Waals surface area (Å²) in [6, 6.07) is 0. The van der Waals surface area contributed by atoms with Gasteiger partial charge in [-0.15, -0.1) is 0 Å². The van der Waals surface area contributed by atoms with E-state index in [1.807, 2.05) is 20.1 Å². The van der Waals surface area contributed by atoms with Crippen LogP contribution in [-0.2, 0) is 4.79 Å². The summed E-state index contributed by atoms with van der Waals surface area (Å²) in [5.41, 5.74) is 2.48. The van der Waals surface area contributed by atoms with Crippen LogP contribution in [0.2, 0.25) is 0 Å². The van der Waals surface area contributed by atoms with E-state index in [2.05, 4.69) is 10.5 Å². The van der Waals surface area contributed by atoms with Crippen molar-refractivity contribution in [3.05, 3.63) is 0 Å². The van der Waals surface area contributed by atoms with Crippen molar-refractivity contribution in [2.24, 2.45) is 16.9 Å². The molecule has 1 rings (SSSR count).